The second-order valence-electron chi connectivity index (χ2n) is 4.79. The van der Waals surface area contributed by atoms with Crippen LogP contribution in [0, 0.1) is 0 Å². The molecule has 19 heavy (non-hydrogen) atoms. The zero-order chi connectivity index (χ0) is 13.7. The average Bonchev–Trinajstić information content (AvgIpc) is 2.42. The summed E-state index contributed by atoms with van der Waals surface area (Å²) >= 11 is 3.65. The van der Waals surface area contributed by atoms with E-state index in [2.05, 4.69) is 51.3 Å². The van der Waals surface area contributed by atoms with Crippen LogP contribution in [0.15, 0.2) is 22.7 Å². The van der Waals surface area contributed by atoms with Crippen molar-refractivity contribution < 1.29 is 4.21 Å². The van der Waals surface area contributed by atoms with Gasteiger partial charge in [-0.3, -0.25) is 4.21 Å². The van der Waals surface area contributed by atoms with Crippen LogP contribution in [-0.2, 0) is 17.3 Å². The molecule has 5 heteroatoms. The maximum absolute atomic E-state index is 11.4. The molecule has 0 saturated carbocycles. The van der Waals surface area contributed by atoms with E-state index in [1.165, 1.54) is 11.3 Å². The van der Waals surface area contributed by atoms with Gasteiger partial charge in [0, 0.05) is 52.1 Å². The molecule has 1 saturated heterocycles. The number of anilines is 1. The van der Waals surface area contributed by atoms with Crippen LogP contribution in [0.1, 0.15) is 18.9 Å². The van der Waals surface area contributed by atoms with Crippen molar-refractivity contribution in [2.75, 3.05) is 36.0 Å². The number of benzene rings is 1. The van der Waals surface area contributed by atoms with Gasteiger partial charge in [0.05, 0.1) is 0 Å². The van der Waals surface area contributed by atoms with Gasteiger partial charge in [-0.15, -0.1) is 0 Å². The van der Waals surface area contributed by atoms with Crippen molar-refractivity contribution in [2.45, 2.75) is 19.9 Å². The maximum Gasteiger partial charge on any atom is 0.0411 e. The fraction of sp³-hybridized carbons (Fsp3) is 0.571. The van der Waals surface area contributed by atoms with Crippen molar-refractivity contribution >= 4 is 32.4 Å². The van der Waals surface area contributed by atoms with Crippen LogP contribution >= 0.6 is 15.9 Å². The molecule has 1 aromatic carbocycles. The molecule has 1 heterocycles. The van der Waals surface area contributed by atoms with E-state index in [0.29, 0.717) is 0 Å². The Bertz CT molecular complexity index is 443. The predicted molar refractivity (Wildman–Crippen MR) is 86.2 cm³/mol. The van der Waals surface area contributed by atoms with Crippen molar-refractivity contribution in [3.05, 3.63) is 28.2 Å². The first-order valence-electron chi connectivity index (χ1n) is 6.79. The van der Waals surface area contributed by atoms with Gasteiger partial charge in [0.2, 0.25) is 0 Å². The fourth-order valence-corrected chi connectivity index (χ4v) is 3.73. The van der Waals surface area contributed by atoms with Crippen LogP contribution in [0.3, 0.4) is 0 Å². The third kappa shape index (κ3) is 4.29. The highest BCUT2D eigenvalue weighted by Crippen LogP contribution is 2.25. The van der Waals surface area contributed by atoms with E-state index in [0.717, 1.165) is 48.6 Å². The monoisotopic (exact) mass is 344 g/mol. The van der Waals surface area contributed by atoms with E-state index in [1.807, 2.05) is 0 Å². The van der Waals surface area contributed by atoms with E-state index in [-0.39, 0.29) is 0 Å². The summed E-state index contributed by atoms with van der Waals surface area (Å²) in [4.78, 5) is 2.31. The Hall–Kier alpha value is -0.390. The molecule has 0 unspecified atom stereocenters. The predicted octanol–water partition coefficient (Wildman–Crippen LogP) is 2.52. The Morgan fingerprint density at radius 2 is 2.11 bits per heavy atom. The molecule has 1 N–H and O–H groups in total. The van der Waals surface area contributed by atoms with Crippen molar-refractivity contribution in [3.63, 3.8) is 0 Å². The van der Waals surface area contributed by atoms with Crippen LogP contribution in [0.25, 0.3) is 0 Å². The molecule has 2 rings (SSSR count). The Balaban J connectivity index is 1.99. The molecule has 1 fully saturated rings. The van der Waals surface area contributed by atoms with Crippen molar-refractivity contribution in [1.82, 2.24) is 5.32 Å². The Kier molecular flexibility index (Phi) is 5.85. The third-order valence-electron chi connectivity index (χ3n) is 3.32. The van der Waals surface area contributed by atoms with Gasteiger partial charge in [-0.1, -0.05) is 28.9 Å². The van der Waals surface area contributed by atoms with E-state index in [9.17, 15) is 4.21 Å². The average molecular weight is 345 g/mol. The smallest absolute Gasteiger partial charge is 0.0411 e. The van der Waals surface area contributed by atoms with Gasteiger partial charge in [0.15, 0.2) is 0 Å². The number of nitrogens with one attached hydrogen (secondary N) is 1. The van der Waals surface area contributed by atoms with Gasteiger partial charge in [-0.05, 0) is 30.7 Å². The molecule has 106 valence electrons. The molecule has 0 spiro atoms. The summed E-state index contributed by atoms with van der Waals surface area (Å²) in [6.45, 7) is 5.91. The van der Waals surface area contributed by atoms with Gasteiger partial charge in [0.25, 0.3) is 0 Å². The standard InChI is InChI=1S/C14H21BrN2OS/c1-2-5-16-11-12-3-4-13(10-14(12)15)17-6-8-19(18)9-7-17/h3-4,10,16H,2,5-9,11H2,1H3. The highest BCUT2D eigenvalue weighted by molar-refractivity contribution is 9.10. The molecule has 3 nitrogen and oxygen atoms in total. The summed E-state index contributed by atoms with van der Waals surface area (Å²) < 4.78 is 12.5. The lowest BCUT2D eigenvalue weighted by Gasteiger charge is -2.28. The van der Waals surface area contributed by atoms with Crippen LogP contribution in [-0.4, -0.2) is 35.3 Å². The van der Waals surface area contributed by atoms with Gasteiger partial charge in [-0.25, -0.2) is 0 Å². The summed E-state index contributed by atoms with van der Waals surface area (Å²) in [5.74, 6) is 1.58. The highest BCUT2D eigenvalue weighted by atomic mass is 79.9. The zero-order valence-electron chi connectivity index (χ0n) is 11.3. The molecular formula is C14H21BrN2OS. The minimum absolute atomic E-state index is 0.613. The molecule has 0 amide bonds. The first-order valence-corrected chi connectivity index (χ1v) is 9.08. The second kappa shape index (κ2) is 7.41. The lowest BCUT2D eigenvalue weighted by Crippen LogP contribution is -2.37. The Morgan fingerprint density at radius 3 is 2.74 bits per heavy atom. The van der Waals surface area contributed by atoms with Gasteiger partial charge in [0.1, 0.15) is 0 Å². The quantitative estimate of drug-likeness (QED) is 0.833. The number of nitrogens with zero attached hydrogens (tertiary/aromatic N) is 1. The fourth-order valence-electron chi connectivity index (χ4n) is 2.17. The number of hydrogen-bond donors (Lipinski definition) is 1. The van der Waals surface area contributed by atoms with Crippen LogP contribution in [0.2, 0.25) is 0 Å². The first kappa shape index (κ1) is 15.0. The summed E-state index contributed by atoms with van der Waals surface area (Å²) in [7, 11) is -0.613. The topological polar surface area (TPSA) is 32.3 Å². The minimum Gasteiger partial charge on any atom is -0.370 e. The number of rotatable bonds is 5. The molecule has 0 aliphatic carbocycles. The van der Waals surface area contributed by atoms with Crippen LogP contribution in [0.5, 0.6) is 0 Å². The van der Waals surface area contributed by atoms with Crippen molar-refractivity contribution in [1.29, 1.82) is 0 Å². The molecule has 1 aliphatic rings. The molecule has 1 aliphatic heterocycles. The minimum atomic E-state index is -0.613. The largest absolute Gasteiger partial charge is 0.370 e. The van der Waals surface area contributed by atoms with Crippen LogP contribution < -0.4 is 10.2 Å². The lowest BCUT2D eigenvalue weighted by molar-refractivity contribution is 0.671. The summed E-state index contributed by atoms with van der Waals surface area (Å²) in [6.07, 6.45) is 1.15. The van der Waals surface area contributed by atoms with E-state index in [4.69, 9.17) is 0 Å². The second-order valence-corrected chi connectivity index (χ2v) is 7.34. The van der Waals surface area contributed by atoms with Gasteiger partial charge < -0.3 is 10.2 Å². The van der Waals surface area contributed by atoms with Gasteiger partial charge >= 0.3 is 0 Å². The molecule has 0 radical (unpaired) electrons. The molecule has 0 aromatic heterocycles. The summed E-state index contributed by atoms with van der Waals surface area (Å²) in [5.41, 5.74) is 2.51. The first-order chi connectivity index (χ1) is 9.20. The summed E-state index contributed by atoms with van der Waals surface area (Å²) in [5, 5.41) is 3.41. The van der Waals surface area contributed by atoms with E-state index in [1.54, 1.807) is 0 Å². The van der Waals surface area contributed by atoms with Gasteiger partial charge in [-0.2, -0.15) is 0 Å². The third-order valence-corrected chi connectivity index (χ3v) is 5.34. The lowest BCUT2D eigenvalue weighted by atomic mass is 10.2. The van der Waals surface area contributed by atoms with E-state index < -0.39 is 10.8 Å². The Labute approximate surface area is 126 Å². The highest BCUT2D eigenvalue weighted by Gasteiger charge is 2.16. The van der Waals surface area contributed by atoms with Crippen LogP contribution in [0.4, 0.5) is 5.69 Å². The number of hydrogen-bond acceptors (Lipinski definition) is 3. The molecule has 0 bridgehead atoms. The van der Waals surface area contributed by atoms with E-state index >= 15 is 0 Å². The number of halogens is 1. The summed E-state index contributed by atoms with van der Waals surface area (Å²) in [6, 6.07) is 6.52. The molecule has 0 atom stereocenters. The maximum atomic E-state index is 11.4. The Morgan fingerprint density at radius 1 is 1.37 bits per heavy atom. The zero-order valence-corrected chi connectivity index (χ0v) is 13.7. The van der Waals surface area contributed by atoms with Crippen molar-refractivity contribution in [2.24, 2.45) is 0 Å². The normalized spacial score (nSPS) is 16.8. The molecular weight excluding hydrogens is 324 g/mol. The van der Waals surface area contributed by atoms with Crippen molar-refractivity contribution in [3.8, 4) is 0 Å². The SMILES string of the molecule is CCCNCc1ccc(N2CCS(=O)CC2)cc1Br. The molecule has 1 aromatic rings.